The number of thiophene rings is 1. The molecule has 0 aliphatic carbocycles. The van der Waals surface area contributed by atoms with Crippen LogP contribution in [0.1, 0.15) is 44.9 Å². The van der Waals surface area contributed by atoms with E-state index < -0.39 is 10.0 Å². The molecule has 8 nitrogen and oxygen atoms in total. The maximum atomic E-state index is 12.8. The molecule has 2 amide bonds. The van der Waals surface area contributed by atoms with Crippen molar-refractivity contribution in [3.8, 4) is 0 Å². The third kappa shape index (κ3) is 6.76. The van der Waals surface area contributed by atoms with Gasteiger partial charge in [-0.1, -0.05) is 12.5 Å². The van der Waals surface area contributed by atoms with E-state index in [0.29, 0.717) is 26.1 Å². The summed E-state index contributed by atoms with van der Waals surface area (Å²) in [6, 6.07) is 3.48. The second-order valence-electron chi connectivity index (χ2n) is 7.94. The molecule has 3 rings (SSSR count). The number of piperidine rings is 1. The summed E-state index contributed by atoms with van der Waals surface area (Å²) < 4.78 is 27.2. The summed E-state index contributed by atoms with van der Waals surface area (Å²) in [6.45, 7) is 3.39. The van der Waals surface area contributed by atoms with E-state index in [2.05, 4.69) is 14.9 Å². The first kappa shape index (κ1) is 23.2. The van der Waals surface area contributed by atoms with Gasteiger partial charge in [0.25, 0.3) is 10.0 Å². The van der Waals surface area contributed by atoms with Gasteiger partial charge in [-0.15, -0.1) is 11.3 Å². The lowest BCUT2D eigenvalue weighted by molar-refractivity contribution is -0.130. The van der Waals surface area contributed by atoms with Gasteiger partial charge in [-0.2, -0.15) is 0 Å². The quantitative estimate of drug-likeness (QED) is 0.714. The lowest BCUT2D eigenvalue weighted by atomic mass is 9.98. The fraction of sp³-hybridized carbons (Fsp3) is 0.700. The van der Waals surface area contributed by atoms with Crippen LogP contribution in [0, 0.1) is 0 Å². The van der Waals surface area contributed by atoms with Gasteiger partial charge in [-0.25, -0.2) is 13.1 Å². The number of hydrogen-bond donors (Lipinski definition) is 2. The molecule has 1 aromatic heterocycles. The van der Waals surface area contributed by atoms with Crippen LogP contribution < -0.4 is 10.0 Å². The van der Waals surface area contributed by atoms with Crippen molar-refractivity contribution in [2.24, 2.45) is 0 Å². The highest BCUT2D eigenvalue weighted by Gasteiger charge is 2.25. The molecule has 1 atom stereocenters. The van der Waals surface area contributed by atoms with E-state index in [1.165, 1.54) is 6.07 Å². The molecule has 2 saturated heterocycles. The van der Waals surface area contributed by atoms with Crippen LogP contribution in [0.15, 0.2) is 21.7 Å². The van der Waals surface area contributed by atoms with Gasteiger partial charge in [-0.3, -0.25) is 14.5 Å². The van der Waals surface area contributed by atoms with E-state index >= 15 is 0 Å². The van der Waals surface area contributed by atoms with Gasteiger partial charge in [0.1, 0.15) is 4.21 Å². The van der Waals surface area contributed by atoms with E-state index in [4.69, 9.17) is 0 Å². The predicted octanol–water partition coefficient (Wildman–Crippen LogP) is 1.40. The van der Waals surface area contributed by atoms with Gasteiger partial charge in [-0.05, 0) is 50.1 Å². The lowest BCUT2D eigenvalue weighted by Crippen LogP contribution is -2.44. The molecule has 2 aliphatic rings. The van der Waals surface area contributed by atoms with Crippen LogP contribution in [-0.2, 0) is 19.6 Å². The largest absolute Gasteiger partial charge is 0.356 e. The zero-order valence-electron chi connectivity index (χ0n) is 17.3. The minimum absolute atomic E-state index is 0.113. The van der Waals surface area contributed by atoms with Crippen molar-refractivity contribution in [2.45, 2.75) is 55.2 Å². The van der Waals surface area contributed by atoms with Crippen molar-refractivity contribution in [3.05, 3.63) is 17.5 Å². The average molecular weight is 457 g/mol. The summed E-state index contributed by atoms with van der Waals surface area (Å²) >= 11 is 1.13. The second kappa shape index (κ2) is 11.2. The first-order valence-corrected chi connectivity index (χ1v) is 13.1. The van der Waals surface area contributed by atoms with Crippen molar-refractivity contribution in [2.75, 3.05) is 39.3 Å². The van der Waals surface area contributed by atoms with Crippen LogP contribution in [0.3, 0.4) is 0 Å². The predicted molar refractivity (Wildman–Crippen MR) is 117 cm³/mol. The maximum Gasteiger partial charge on any atom is 0.250 e. The summed E-state index contributed by atoms with van der Waals surface area (Å²) in [4.78, 5) is 29.1. The smallest absolute Gasteiger partial charge is 0.250 e. The molecule has 2 N–H and O–H groups in total. The number of carbonyl (C=O) groups is 2. The second-order valence-corrected chi connectivity index (χ2v) is 10.9. The minimum atomic E-state index is -3.65. The number of nitrogens with zero attached hydrogens (tertiary/aromatic N) is 2. The lowest BCUT2D eigenvalue weighted by Gasteiger charge is -2.35. The average Bonchev–Trinajstić information content (AvgIpc) is 3.27. The summed E-state index contributed by atoms with van der Waals surface area (Å²) in [5.41, 5.74) is 0. The normalized spacial score (nSPS) is 22.9. The highest BCUT2D eigenvalue weighted by atomic mass is 32.2. The number of sulfonamides is 1. The number of carbonyl (C=O) groups excluding carboxylic acids is 2. The van der Waals surface area contributed by atoms with Crippen molar-refractivity contribution in [1.82, 2.24) is 19.8 Å². The Bertz CT molecular complexity index is 798. The molecule has 1 unspecified atom stereocenters. The molecule has 0 radical (unpaired) electrons. The Kier molecular flexibility index (Phi) is 8.67. The number of hydrogen-bond acceptors (Lipinski definition) is 6. The van der Waals surface area contributed by atoms with E-state index in [-0.39, 0.29) is 28.6 Å². The molecule has 10 heteroatoms. The summed E-state index contributed by atoms with van der Waals surface area (Å²) in [5.74, 6) is -0.0914. The fourth-order valence-corrected chi connectivity index (χ4v) is 6.12. The number of amides is 2. The van der Waals surface area contributed by atoms with Gasteiger partial charge >= 0.3 is 0 Å². The van der Waals surface area contributed by atoms with Gasteiger partial charge < -0.3 is 10.2 Å². The van der Waals surface area contributed by atoms with Crippen molar-refractivity contribution < 1.29 is 18.0 Å². The van der Waals surface area contributed by atoms with Crippen molar-refractivity contribution in [1.29, 1.82) is 0 Å². The van der Waals surface area contributed by atoms with Crippen molar-refractivity contribution in [3.63, 3.8) is 0 Å². The van der Waals surface area contributed by atoms with Crippen LogP contribution in [0.25, 0.3) is 0 Å². The molecular weight excluding hydrogens is 424 g/mol. The van der Waals surface area contributed by atoms with Crippen LogP contribution in [0.2, 0.25) is 0 Å². The number of rotatable bonds is 4. The minimum Gasteiger partial charge on any atom is -0.356 e. The molecule has 3 heterocycles. The highest BCUT2D eigenvalue weighted by molar-refractivity contribution is 7.91. The Morgan fingerprint density at radius 2 is 1.90 bits per heavy atom. The van der Waals surface area contributed by atoms with E-state index in [9.17, 15) is 18.0 Å². The Labute approximate surface area is 183 Å². The van der Waals surface area contributed by atoms with E-state index in [1.54, 1.807) is 16.3 Å². The molecule has 30 heavy (non-hydrogen) atoms. The SMILES string of the molecule is O=C1CC2CCCCN2CCCN(C(=O)CNS(=O)(=O)c2cccs2)CCCCN1. The molecule has 0 aromatic carbocycles. The van der Waals surface area contributed by atoms with Crippen LogP contribution >= 0.6 is 11.3 Å². The van der Waals surface area contributed by atoms with Crippen LogP contribution in [0.4, 0.5) is 0 Å². The summed E-state index contributed by atoms with van der Waals surface area (Å²) in [5, 5.41) is 4.70. The summed E-state index contributed by atoms with van der Waals surface area (Å²) in [6.07, 6.45) is 6.28. The summed E-state index contributed by atoms with van der Waals surface area (Å²) in [7, 11) is -3.65. The van der Waals surface area contributed by atoms with Crippen LogP contribution in [0.5, 0.6) is 0 Å². The molecule has 2 aliphatic heterocycles. The maximum absolute atomic E-state index is 12.8. The van der Waals surface area contributed by atoms with E-state index in [1.807, 2.05) is 0 Å². The first-order chi connectivity index (χ1) is 14.5. The van der Waals surface area contributed by atoms with Gasteiger partial charge in [0.2, 0.25) is 11.8 Å². The molecule has 1 aromatic rings. The van der Waals surface area contributed by atoms with Crippen LogP contribution in [-0.4, -0.2) is 75.3 Å². The zero-order chi connectivity index (χ0) is 21.4. The monoisotopic (exact) mass is 456 g/mol. The number of fused-ring (bicyclic) bond motifs is 1. The van der Waals surface area contributed by atoms with E-state index in [0.717, 1.165) is 63.0 Å². The Morgan fingerprint density at radius 3 is 2.70 bits per heavy atom. The van der Waals surface area contributed by atoms with Crippen molar-refractivity contribution >= 4 is 33.2 Å². The third-order valence-corrected chi connectivity index (χ3v) is 8.55. The molecule has 0 spiro atoms. The Morgan fingerprint density at radius 1 is 1.13 bits per heavy atom. The first-order valence-electron chi connectivity index (χ1n) is 10.8. The van der Waals surface area contributed by atoms with Gasteiger partial charge in [0.15, 0.2) is 0 Å². The Balaban J connectivity index is 1.58. The highest BCUT2D eigenvalue weighted by Crippen LogP contribution is 2.20. The zero-order valence-corrected chi connectivity index (χ0v) is 19.0. The molecule has 0 bridgehead atoms. The topological polar surface area (TPSA) is 98.8 Å². The molecule has 0 saturated carbocycles. The molecule has 168 valence electrons. The molecular formula is C20H32N4O4S2. The molecule has 2 fully saturated rings. The standard InChI is InChI=1S/C20H32N4O4S2/c25-18-15-17-7-1-3-10-23(17)12-6-13-24(11-4-2-9-21-18)19(26)16-22-30(27,28)20-8-5-14-29-20/h5,8,14,17,22H,1-4,6-7,9-13,15-16H2,(H,21,25). The Hall–Kier alpha value is -1.49. The van der Waals surface area contributed by atoms with Gasteiger partial charge in [0.05, 0.1) is 6.54 Å². The fourth-order valence-electron chi connectivity index (χ4n) is 4.11. The third-order valence-electron chi connectivity index (χ3n) is 5.75. The number of nitrogens with one attached hydrogen (secondary N) is 2. The van der Waals surface area contributed by atoms with Gasteiger partial charge in [0, 0.05) is 38.6 Å².